The molecule has 5 heteroatoms. The zero-order chi connectivity index (χ0) is 25.9. The fraction of sp³-hybridized carbons (Fsp3) is 0.833. The number of aliphatic hydroxyl groups excluding tert-OH is 2. The molecular formula is C30H46O5. The number of hydrogen-bond donors (Lipinski definition) is 3. The lowest BCUT2D eigenvalue weighted by atomic mass is 9.38. The van der Waals surface area contributed by atoms with Gasteiger partial charge in [-0.25, -0.2) is 0 Å². The lowest BCUT2D eigenvalue weighted by Gasteiger charge is -2.65. The van der Waals surface area contributed by atoms with Crippen molar-refractivity contribution >= 4 is 5.78 Å². The Morgan fingerprint density at radius 2 is 1.71 bits per heavy atom. The predicted octanol–water partition coefficient (Wildman–Crippen LogP) is 4.59. The fourth-order valence-corrected chi connectivity index (χ4v) is 9.86. The smallest absolute Gasteiger partial charge is 0.140 e. The molecule has 0 aromatic carbocycles. The number of fused-ring (bicyclic) bond motifs is 7. The minimum absolute atomic E-state index is 0.130. The highest BCUT2D eigenvalue weighted by atomic mass is 16.5. The number of aliphatic hydroxyl groups is 3. The summed E-state index contributed by atoms with van der Waals surface area (Å²) in [6.45, 7) is 16.6. The highest BCUT2D eigenvalue weighted by molar-refractivity contribution is 5.88. The summed E-state index contributed by atoms with van der Waals surface area (Å²) in [4.78, 5) is 14.3. The Morgan fingerprint density at radius 3 is 2.34 bits per heavy atom. The van der Waals surface area contributed by atoms with Crippen molar-refractivity contribution in [3.05, 3.63) is 23.3 Å². The van der Waals surface area contributed by atoms with Gasteiger partial charge in [0.25, 0.3) is 0 Å². The topological polar surface area (TPSA) is 87.0 Å². The largest absolute Gasteiger partial charge is 0.392 e. The van der Waals surface area contributed by atoms with Crippen molar-refractivity contribution in [3.8, 4) is 0 Å². The van der Waals surface area contributed by atoms with Crippen molar-refractivity contribution in [2.45, 2.75) is 118 Å². The molecule has 11 atom stereocenters. The zero-order valence-electron chi connectivity index (χ0n) is 22.9. The van der Waals surface area contributed by atoms with Gasteiger partial charge in [-0.2, -0.15) is 0 Å². The van der Waals surface area contributed by atoms with Gasteiger partial charge in [0.2, 0.25) is 0 Å². The van der Waals surface area contributed by atoms with E-state index in [0.717, 1.165) is 31.3 Å². The first-order chi connectivity index (χ1) is 16.0. The third-order valence-corrected chi connectivity index (χ3v) is 12.0. The number of ether oxygens (including phenoxy) is 1. The first-order valence-electron chi connectivity index (χ1n) is 13.7. The minimum Gasteiger partial charge on any atom is -0.392 e. The molecule has 3 N–H and O–H groups in total. The van der Waals surface area contributed by atoms with E-state index in [9.17, 15) is 20.1 Å². The molecular weight excluding hydrogens is 440 g/mol. The van der Waals surface area contributed by atoms with Crippen LogP contribution in [0.4, 0.5) is 0 Å². The van der Waals surface area contributed by atoms with Gasteiger partial charge in [0, 0.05) is 23.2 Å². The average Bonchev–Trinajstić information content (AvgIpc) is 2.96. The number of allylic oxidation sites excluding steroid dienone is 2. The molecule has 35 heavy (non-hydrogen) atoms. The van der Waals surface area contributed by atoms with Crippen LogP contribution in [0.5, 0.6) is 0 Å². The molecule has 0 aromatic heterocycles. The summed E-state index contributed by atoms with van der Waals surface area (Å²) >= 11 is 0. The van der Waals surface area contributed by atoms with E-state index in [4.69, 9.17) is 4.74 Å². The van der Waals surface area contributed by atoms with E-state index in [1.165, 1.54) is 5.57 Å². The van der Waals surface area contributed by atoms with Crippen LogP contribution in [0, 0.1) is 39.4 Å². The Kier molecular flexibility index (Phi) is 5.51. The van der Waals surface area contributed by atoms with Gasteiger partial charge in [0.1, 0.15) is 18.0 Å². The lowest BCUT2D eigenvalue weighted by Crippen LogP contribution is -2.67. The number of ketones is 1. The summed E-state index contributed by atoms with van der Waals surface area (Å²) < 4.78 is 6.55. The van der Waals surface area contributed by atoms with E-state index in [2.05, 4.69) is 40.7 Å². The lowest BCUT2D eigenvalue weighted by molar-refractivity contribution is -0.247. The SMILES string of the molecule is CC(C)=C[C@H]1O[C@@H]2C[C@@]3(C)[C@@H]4CC=C5[C@@H](CC[C@H](O)C5(C)C)[C@]4(C)C(=O)C[C@]3(C)[C@H]2[C@@](C)(O)[C@@H]1O. The molecule has 5 aliphatic rings. The summed E-state index contributed by atoms with van der Waals surface area (Å²) in [5.41, 5.74) is -0.568. The van der Waals surface area contributed by atoms with Gasteiger partial charge in [0.15, 0.2) is 0 Å². The maximum atomic E-state index is 14.3. The van der Waals surface area contributed by atoms with Gasteiger partial charge in [-0.1, -0.05) is 57.9 Å². The van der Waals surface area contributed by atoms with Crippen molar-refractivity contribution in [2.24, 2.45) is 39.4 Å². The molecule has 0 aromatic rings. The molecule has 5 rings (SSSR count). The van der Waals surface area contributed by atoms with Crippen LogP contribution in [0.1, 0.15) is 87.5 Å². The molecule has 0 amide bonds. The van der Waals surface area contributed by atoms with Gasteiger partial charge in [-0.15, -0.1) is 0 Å². The van der Waals surface area contributed by atoms with E-state index in [-0.39, 0.29) is 46.6 Å². The van der Waals surface area contributed by atoms with Crippen molar-refractivity contribution in [1.29, 1.82) is 0 Å². The molecule has 0 bridgehead atoms. The molecule has 1 saturated heterocycles. The Hall–Kier alpha value is -1.01. The van der Waals surface area contributed by atoms with Crippen molar-refractivity contribution in [2.75, 3.05) is 0 Å². The second-order valence-corrected chi connectivity index (χ2v) is 14.3. The number of rotatable bonds is 1. The predicted molar refractivity (Wildman–Crippen MR) is 135 cm³/mol. The molecule has 1 heterocycles. The Morgan fingerprint density at radius 1 is 1.06 bits per heavy atom. The molecule has 1 aliphatic heterocycles. The van der Waals surface area contributed by atoms with E-state index >= 15 is 0 Å². The van der Waals surface area contributed by atoms with Gasteiger partial charge >= 0.3 is 0 Å². The quantitative estimate of drug-likeness (QED) is 0.472. The number of hydrogen-bond acceptors (Lipinski definition) is 5. The maximum Gasteiger partial charge on any atom is 0.140 e. The first-order valence-corrected chi connectivity index (χ1v) is 13.7. The number of carbonyl (C=O) groups excluding carboxylic acids is 1. The summed E-state index contributed by atoms with van der Waals surface area (Å²) in [6, 6.07) is 0. The van der Waals surface area contributed by atoms with Crippen LogP contribution in [0.25, 0.3) is 0 Å². The fourth-order valence-electron chi connectivity index (χ4n) is 9.86. The molecule has 4 aliphatic carbocycles. The highest BCUT2D eigenvalue weighted by Gasteiger charge is 2.76. The minimum atomic E-state index is -1.35. The van der Waals surface area contributed by atoms with E-state index < -0.39 is 28.6 Å². The zero-order valence-corrected chi connectivity index (χ0v) is 22.9. The molecule has 4 fully saturated rings. The van der Waals surface area contributed by atoms with Crippen molar-refractivity contribution in [3.63, 3.8) is 0 Å². The van der Waals surface area contributed by atoms with Crippen LogP contribution in [0.15, 0.2) is 23.3 Å². The Bertz CT molecular complexity index is 989. The normalized spacial score (nSPS) is 54.7. The van der Waals surface area contributed by atoms with Crippen molar-refractivity contribution < 1.29 is 24.9 Å². The summed E-state index contributed by atoms with van der Waals surface area (Å²) in [5, 5.41) is 33.8. The van der Waals surface area contributed by atoms with Crippen LogP contribution in [-0.2, 0) is 9.53 Å². The third-order valence-electron chi connectivity index (χ3n) is 12.0. The molecule has 0 unspecified atom stereocenters. The Balaban J connectivity index is 1.61. The molecule has 0 radical (unpaired) electrons. The number of carbonyl (C=O) groups is 1. The molecule has 3 saturated carbocycles. The van der Waals surface area contributed by atoms with Crippen LogP contribution in [0.3, 0.4) is 0 Å². The third kappa shape index (κ3) is 3.05. The summed E-state index contributed by atoms with van der Waals surface area (Å²) in [5.74, 6) is 0.231. The van der Waals surface area contributed by atoms with Crippen LogP contribution >= 0.6 is 0 Å². The summed E-state index contributed by atoms with van der Waals surface area (Å²) in [6.07, 6.45) is 5.60. The van der Waals surface area contributed by atoms with Crippen LogP contribution in [0.2, 0.25) is 0 Å². The van der Waals surface area contributed by atoms with Gasteiger partial charge in [-0.05, 0) is 69.1 Å². The van der Waals surface area contributed by atoms with Gasteiger partial charge < -0.3 is 20.1 Å². The highest BCUT2D eigenvalue weighted by Crippen LogP contribution is 2.75. The molecule has 5 nitrogen and oxygen atoms in total. The second kappa shape index (κ2) is 7.52. The second-order valence-electron chi connectivity index (χ2n) is 14.3. The van der Waals surface area contributed by atoms with Gasteiger partial charge in [-0.3, -0.25) is 4.79 Å². The van der Waals surface area contributed by atoms with Crippen LogP contribution < -0.4 is 0 Å². The molecule has 0 spiro atoms. The number of Topliss-reactive ketones (excluding diaryl/α,β-unsaturated/α-hetero) is 1. The summed E-state index contributed by atoms with van der Waals surface area (Å²) in [7, 11) is 0. The maximum absolute atomic E-state index is 14.3. The van der Waals surface area contributed by atoms with E-state index in [1.54, 1.807) is 6.92 Å². The van der Waals surface area contributed by atoms with E-state index in [0.29, 0.717) is 6.42 Å². The van der Waals surface area contributed by atoms with E-state index in [1.807, 2.05) is 19.9 Å². The standard InChI is InChI=1S/C30H46O5/c1-16(2)13-19-25(33)30(8,34)24-20(35-19)14-27(5)21-11-9-17-18(10-12-22(31)26(17,3)4)29(21,7)23(32)15-28(24,27)6/h9,13,18-22,24-25,31,33-34H,10-12,14-15H2,1-8H3/t18-,19-,20-,21+,22+,24+,25-,27+,28-,29+,30-/m1/s1. The Labute approximate surface area is 211 Å². The van der Waals surface area contributed by atoms with Gasteiger partial charge in [0.05, 0.1) is 17.8 Å². The van der Waals surface area contributed by atoms with Crippen molar-refractivity contribution in [1.82, 2.24) is 0 Å². The average molecular weight is 487 g/mol. The first kappa shape index (κ1) is 25.6. The molecule has 196 valence electrons. The monoisotopic (exact) mass is 486 g/mol. The van der Waals surface area contributed by atoms with Crippen LogP contribution in [-0.4, -0.2) is 51.1 Å².